The zero-order valence-corrected chi connectivity index (χ0v) is 15.5. The van der Waals surface area contributed by atoms with Crippen molar-refractivity contribution < 1.29 is 74.1 Å². The molecular weight excluding hydrogens is 260 g/mol. The van der Waals surface area contributed by atoms with Crippen LogP contribution < -0.4 is 69.3 Å². The Labute approximate surface area is 150 Å². The van der Waals surface area contributed by atoms with E-state index in [-0.39, 0.29) is 59.1 Å². The van der Waals surface area contributed by atoms with Crippen LogP contribution in [0.25, 0.3) is 0 Å². The van der Waals surface area contributed by atoms with Gasteiger partial charge in [0.1, 0.15) is 0 Å². The van der Waals surface area contributed by atoms with Gasteiger partial charge >= 0.3 is 59.1 Å². The second-order valence-electron chi connectivity index (χ2n) is 2.63. The van der Waals surface area contributed by atoms with E-state index in [2.05, 4.69) is 4.98 Å². The quantitative estimate of drug-likeness (QED) is 0.510. The van der Waals surface area contributed by atoms with Crippen LogP contribution >= 0.6 is 11.8 Å². The SMILES string of the molecule is CC(SCc1ccncc1)C(=O)[O-].C[O-].[Na+].[Na+]. The molecule has 4 nitrogen and oxygen atoms in total. The number of hydrogen-bond acceptors (Lipinski definition) is 5. The largest absolute Gasteiger partial charge is 1.00 e. The minimum absolute atomic E-state index is 0. The second kappa shape index (κ2) is 15.0. The van der Waals surface area contributed by atoms with Crippen LogP contribution in [0.5, 0.6) is 0 Å². The van der Waals surface area contributed by atoms with Gasteiger partial charge in [-0.15, -0.1) is 11.8 Å². The Balaban J connectivity index is -0.000000464. The van der Waals surface area contributed by atoms with Crippen molar-refractivity contribution in [2.75, 3.05) is 7.11 Å². The summed E-state index contributed by atoms with van der Waals surface area (Å²) < 4.78 is 0. The first-order valence-electron chi connectivity index (χ1n) is 4.32. The number of carbonyl (C=O) groups is 1. The molecule has 1 heterocycles. The van der Waals surface area contributed by atoms with Gasteiger partial charge in [-0.05, 0) is 24.6 Å². The number of thioether (sulfide) groups is 1. The minimum atomic E-state index is -1.01. The molecule has 0 spiro atoms. The molecule has 0 saturated heterocycles. The summed E-state index contributed by atoms with van der Waals surface area (Å²) in [6.07, 6.45) is 3.39. The molecule has 0 fully saturated rings. The Bertz CT molecular complexity index is 288. The Morgan fingerprint density at radius 1 is 1.35 bits per heavy atom. The topological polar surface area (TPSA) is 76.1 Å². The Morgan fingerprint density at radius 2 is 1.82 bits per heavy atom. The number of aromatic nitrogens is 1. The predicted octanol–water partition coefficient (Wildman–Crippen LogP) is -6.56. The van der Waals surface area contributed by atoms with E-state index in [0.717, 1.165) is 12.7 Å². The first-order chi connectivity index (χ1) is 7.20. The van der Waals surface area contributed by atoms with Crippen molar-refractivity contribution in [3.8, 4) is 0 Å². The third-order valence-electron chi connectivity index (χ3n) is 1.58. The van der Waals surface area contributed by atoms with E-state index in [0.29, 0.717) is 5.75 Å². The van der Waals surface area contributed by atoms with Crippen LogP contribution in [0.2, 0.25) is 0 Å². The molecular formula is C10H13NNa2O3S. The number of carboxylic acids is 1. The van der Waals surface area contributed by atoms with Crippen molar-refractivity contribution in [3.05, 3.63) is 30.1 Å². The molecule has 0 bridgehead atoms. The van der Waals surface area contributed by atoms with Crippen molar-refractivity contribution in [3.63, 3.8) is 0 Å². The van der Waals surface area contributed by atoms with Crippen molar-refractivity contribution in [2.45, 2.75) is 17.9 Å². The number of hydrogen-bond donors (Lipinski definition) is 0. The first kappa shape index (κ1) is 23.1. The molecule has 0 aliphatic heterocycles. The van der Waals surface area contributed by atoms with Gasteiger partial charge in [-0.3, -0.25) is 4.98 Å². The molecule has 0 aliphatic carbocycles. The Morgan fingerprint density at radius 3 is 2.24 bits per heavy atom. The van der Waals surface area contributed by atoms with Crippen LogP contribution in [0.15, 0.2) is 24.5 Å². The van der Waals surface area contributed by atoms with Crippen LogP contribution in [-0.2, 0) is 10.5 Å². The van der Waals surface area contributed by atoms with Gasteiger partial charge in [-0.25, -0.2) is 0 Å². The third-order valence-corrected chi connectivity index (χ3v) is 2.77. The maximum absolute atomic E-state index is 10.4. The Kier molecular flexibility index (Phi) is 20.3. The molecule has 0 saturated carbocycles. The molecule has 1 rings (SSSR count). The molecule has 0 aliphatic rings. The number of pyridine rings is 1. The second-order valence-corrected chi connectivity index (χ2v) is 3.96. The van der Waals surface area contributed by atoms with E-state index in [1.54, 1.807) is 19.3 Å². The van der Waals surface area contributed by atoms with Gasteiger partial charge < -0.3 is 15.0 Å². The number of carbonyl (C=O) groups excluding carboxylic acids is 1. The maximum Gasteiger partial charge on any atom is 1.00 e. The first-order valence-corrected chi connectivity index (χ1v) is 5.37. The van der Waals surface area contributed by atoms with Crippen LogP contribution in [0.1, 0.15) is 12.5 Å². The summed E-state index contributed by atoms with van der Waals surface area (Å²) in [7, 11) is 0.750. The van der Waals surface area contributed by atoms with Crippen LogP contribution in [0, 0.1) is 0 Å². The van der Waals surface area contributed by atoms with Gasteiger partial charge in [0.25, 0.3) is 0 Å². The molecule has 84 valence electrons. The molecule has 17 heavy (non-hydrogen) atoms. The average molecular weight is 273 g/mol. The fourth-order valence-electron chi connectivity index (χ4n) is 0.768. The van der Waals surface area contributed by atoms with E-state index in [9.17, 15) is 9.90 Å². The summed E-state index contributed by atoms with van der Waals surface area (Å²) in [4.78, 5) is 14.2. The zero-order chi connectivity index (χ0) is 11.7. The van der Waals surface area contributed by atoms with Crippen LogP contribution in [0.4, 0.5) is 0 Å². The molecule has 0 N–H and O–H groups in total. The van der Waals surface area contributed by atoms with Crippen LogP contribution in [-0.4, -0.2) is 23.3 Å². The van der Waals surface area contributed by atoms with Gasteiger partial charge in [-0.2, -0.15) is 7.11 Å². The summed E-state index contributed by atoms with van der Waals surface area (Å²) >= 11 is 1.35. The smallest absolute Gasteiger partial charge is 0.857 e. The molecule has 0 aromatic carbocycles. The normalized spacial score (nSPS) is 9.82. The molecule has 0 amide bonds. The van der Waals surface area contributed by atoms with Gasteiger partial charge in [0.05, 0.1) is 5.97 Å². The summed E-state index contributed by atoms with van der Waals surface area (Å²) in [5, 5.41) is 18.2. The number of carboxylic acid groups (broad SMARTS) is 1. The van der Waals surface area contributed by atoms with E-state index < -0.39 is 11.2 Å². The van der Waals surface area contributed by atoms with Crippen molar-refractivity contribution in [2.24, 2.45) is 0 Å². The average Bonchev–Trinajstić information content (AvgIpc) is 2.30. The Hall–Kier alpha value is 0.930. The van der Waals surface area contributed by atoms with E-state index in [1.165, 1.54) is 11.8 Å². The van der Waals surface area contributed by atoms with Crippen molar-refractivity contribution in [1.29, 1.82) is 0 Å². The third kappa shape index (κ3) is 11.7. The van der Waals surface area contributed by atoms with E-state index in [1.807, 2.05) is 12.1 Å². The monoisotopic (exact) mass is 273 g/mol. The van der Waals surface area contributed by atoms with Gasteiger partial charge in [0.15, 0.2) is 0 Å². The number of nitrogens with zero attached hydrogens (tertiary/aromatic N) is 1. The molecule has 1 unspecified atom stereocenters. The minimum Gasteiger partial charge on any atom is -0.857 e. The zero-order valence-electron chi connectivity index (χ0n) is 10.7. The standard InChI is InChI=1S/C9H11NO2S.CH3O.2Na/c1-7(9(11)12)13-6-8-2-4-10-5-3-8;1-2;;/h2-5,7H,6H2,1H3,(H,11,12);1H3;;/q;-1;2*+1/p-1. The summed E-state index contributed by atoms with van der Waals surface area (Å²) in [5.41, 5.74) is 1.08. The predicted molar refractivity (Wildman–Crippen MR) is 55.9 cm³/mol. The van der Waals surface area contributed by atoms with E-state index >= 15 is 0 Å². The van der Waals surface area contributed by atoms with Crippen LogP contribution in [0.3, 0.4) is 0 Å². The fraction of sp³-hybridized carbons (Fsp3) is 0.400. The molecule has 7 heteroatoms. The molecule has 0 radical (unpaired) electrons. The summed E-state index contributed by atoms with van der Waals surface area (Å²) in [6.45, 7) is 1.63. The van der Waals surface area contributed by atoms with Gasteiger partial charge in [-0.1, -0.05) is 0 Å². The van der Waals surface area contributed by atoms with Crippen molar-refractivity contribution >= 4 is 17.7 Å². The summed E-state index contributed by atoms with van der Waals surface area (Å²) in [6, 6.07) is 3.74. The molecule has 1 atom stereocenters. The number of aliphatic carboxylic acids is 1. The maximum atomic E-state index is 10.4. The number of rotatable bonds is 4. The van der Waals surface area contributed by atoms with Gasteiger partial charge in [0, 0.05) is 23.4 Å². The van der Waals surface area contributed by atoms with E-state index in [4.69, 9.17) is 5.11 Å². The van der Waals surface area contributed by atoms with Crippen molar-refractivity contribution in [1.82, 2.24) is 4.98 Å². The molecule has 1 aromatic heterocycles. The molecule has 1 aromatic rings. The van der Waals surface area contributed by atoms with Gasteiger partial charge in [0.2, 0.25) is 0 Å². The summed E-state index contributed by atoms with van der Waals surface area (Å²) in [5.74, 6) is -0.337. The fourth-order valence-corrected chi connectivity index (χ4v) is 1.54.